The Morgan fingerprint density at radius 3 is 2.44 bits per heavy atom. The zero-order chi connectivity index (χ0) is 20.0. The van der Waals surface area contributed by atoms with Gasteiger partial charge in [-0.1, -0.05) is 31.5 Å². The molecule has 27 heavy (non-hydrogen) atoms. The van der Waals surface area contributed by atoms with Gasteiger partial charge in [-0.2, -0.15) is 0 Å². The monoisotopic (exact) mass is 376 g/mol. The summed E-state index contributed by atoms with van der Waals surface area (Å²) in [5, 5.41) is 12.4. The summed E-state index contributed by atoms with van der Waals surface area (Å²) in [4.78, 5) is 37.2. The van der Waals surface area contributed by atoms with Crippen LogP contribution in [0.2, 0.25) is 0 Å². The molecule has 148 valence electrons. The van der Waals surface area contributed by atoms with Crippen molar-refractivity contribution in [3.63, 3.8) is 0 Å². The number of carboxylic acid groups (broad SMARTS) is 1. The molecule has 1 saturated carbocycles. The van der Waals surface area contributed by atoms with E-state index in [0.717, 1.165) is 12.0 Å². The first-order valence-corrected chi connectivity index (χ1v) is 9.23. The summed E-state index contributed by atoms with van der Waals surface area (Å²) in [7, 11) is 3.32. The van der Waals surface area contributed by atoms with E-state index < -0.39 is 11.4 Å². The van der Waals surface area contributed by atoms with E-state index in [4.69, 9.17) is 4.74 Å². The van der Waals surface area contributed by atoms with Gasteiger partial charge in [0, 0.05) is 26.1 Å². The molecule has 1 atom stereocenters. The number of carbonyl (C=O) groups is 3. The van der Waals surface area contributed by atoms with Crippen LogP contribution in [0.25, 0.3) is 0 Å². The second-order valence-corrected chi connectivity index (χ2v) is 7.26. The molecule has 1 aromatic rings. The number of carbonyl (C=O) groups excluding carboxylic acids is 2. The Morgan fingerprint density at radius 1 is 1.26 bits per heavy atom. The van der Waals surface area contributed by atoms with Crippen LogP contribution in [0.4, 0.5) is 0 Å². The van der Waals surface area contributed by atoms with Gasteiger partial charge >= 0.3 is 5.97 Å². The summed E-state index contributed by atoms with van der Waals surface area (Å²) >= 11 is 0. The summed E-state index contributed by atoms with van der Waals surface area (Å²) < 4.78 is 5.66. The number of ether oxygens (including phenoxy) is 1. The molecule has 0 bridgehead atoms. The predicted molar refractivity (Wildman–Crippen MR) is 100 cm³/mol. The molecule has 1 fully saturated rings. The Hall–Kier alpha value is -2.57. The molecule has 0 spiro atoms. The van der Waals surface area contributed by atoms with E-state index in [1.54, 1.807) is 26.2 Å². The van der Waals surface area contributed by atoms with E-state index in [-0.39, 0.29) is 30.9 Å². The van der Waals surface area contributed by atoms with Crippen molar-refractivity contribution < 1.29 is 24.2 Å². The van der Waals surface area contributed by atoms with Gasteiger partial charge in [0.1, 0.15) is 5.75 Å². The van der Waals surface area contributed by atoms with Gasteiger partial charge in [0.15, 0.2) is 6.61 Å². The number of nitrogens with zero attached hydrogens (tertiary/aromatic N) is 1. The number of hydrogen-bond donors (Lipinski definition) is 2. The van der Waals surface area contributed by atoms with Gasteiger partial charge in [0.2, 0.25) is 5.91 Å². The van der Waals surface area contributed by atoms with Crippen molar-refractivity contribution in [3.05, 3.63) is 29.8 Å². The highest BCUT2D eigenvalue weighted by molar-refractivity contribution is 5.86. The van der Waals surface area contributed by atoms with Crippen LogP contribution in [0.1, 0.15) is 50.6 Å². The zero-order valence-electron chi connectivity index (χ0n) is 16.2. The Morgan fingerprint density at radius 2 is 1.93 bits per heavy atom. The van der Waals surface area contributed by atoms with Crippen LogP contribution in [0.15, 0.2) is 24.3 Å². The van der Waals surface area contributed by atoms with E-state index in [0.29, 0.717) is 25.0 Å². The lowest BCUT2D eigenvalue weighted by Gasteiger charge is -2.37. The van der Waals surface area contributed by atoms with E-state index in [2.05, 4.69) is 5.32 Å². The highest BCUT2D eigenvalue weighted by Crippen LogP contribution is 2.44. The molecular formula is C20H28N2O5. The molecule has 1 aliphatic rings. The van der Waals surface area contributed by atoms with E-state index >= 15 is 0 Å². The van der Waals surface area contributed by atoms with Crippen LogP contribution in [-0.4, -0.2) is 48.5 Å². The number of amides is 2. The molecule has 0 saturated heterocycles. The van der Waals surface area contributed by atoms with Gasteiger partial charge < -0.3 is 20.1 Å². The molecule has 2 amide bonds. The van der Waals surface area contributed by atoms with Crippen molar-refractivity contribution in [3.8, 4) is 5.75 Å². The highest BCUT2D eigenvalue weighted by Gasteiger charge is 2.46. The summed E-state index contributed by atoms with van der Waals surface area (Å²) in [6.45, 7) is 1.85. The molecule has 1 aliphatic carbocycles. The third kappa shape index (κ3) is 4.99. The summed E-state index contributed by atoms with van der Waals surface area (Å²) in [5.74, 6) is -0.794. The minimum absolute atomic E-state index is 0.0129. The van der Waals surface area contributed by atoms with Gasteiger partial charge in [-0.25, -0.2) is 0 Å². The lowest BCUT2D eigenvalue weighted by Crippen LogP contribution is -2.43. The molecule has 0 aromatic heterocycles. The van der Waals surface area contributed by atoms with Crippen molar-refractivity contribution in [1.82, 2.24) is 10.2 Å². The topological polar surface area (TPSA) is 95.9 Å². The molecule has 0 heterocycles. The lowest BCUT2D eigenvalue weighted by atomic mass is 9.66. The molecule has 7 heteroatoms. The SMILES string of the molecule is CCC(NC(=O)CC1(C(=O)O)CCC1)c1ccccc1OCC(=O)N(C)C. The first-order valence-electron chi connectivity index (χ1n) is 9.23. The second-order valence-electron chi connectivity index (χ2n) is 7.26. The lowest BCUT2D eigenvalue weighted by molar-refractivity contribution is -0.157. The number of carboxylic acids is 1. The fourth-order valence-electron chi connectivity index (χ4n) is 3.19. The van der Waals surface area contributed by atoms with Crippen LogP contribution in [0, 0.1) is 5.41 Å². The van der Waals surface area contributed by atoms with Crippen molar-refractivity contribution in [2.45, 2.75) is 45.1 Å². The van der Waals surface area contributed by atoms with E-state index in [1.807, 2.05) is 19.1 Å². The predicted octanol–water partition coefficient (Wildman–Crippen LogP) is 2.37. The van der Waals surface area contributed by atoms with Crippen molar-refractivity contribution in [1.29, 1.82) is 0 Å². The van der Waals surface area contributed by atoms with E-state index in [1.165, 1.54) is 4.90 Å². The maximum Gasteiger partial charge on any atom is 0.310 e. The fraction of sp³-hybridized carbons (Fsp3) is 0.550. The quantitative estimate of drug-likeness (QED) is 0.690. The highest BCUT2D eigenvalue weighted by atomic mass is 16.5. The standard InChI is InChI=1S/C20H28N2O5/c1-4-15(21-17(23)12-20(19(25)26)10-7-11-20)14-8-5-6-9-16(14)27-13-18(24)22(2)3/h5-6,8-9,15H,4,7,10-13H2,1-3H3,(H,21,23)(H,25,26). The normalized spacial score (nSPS) is 16.0. The Balaban J connectivity index is 2.07. The van der Waals surface area contributed by atoms with Crippen LogP contribution in [0.3, 0.4) is 0 Å². The van der Waals surface area contributed by atoms with Crippen molar-refractivity contribution in [2.75, 3.05) is 20.7 Å². The number of hydrogen-bond acceptors (Lipinski definition) is 4. The van der Waals surface area contributed by atoms with Gasteiger partial charge in [0.25, 0.3) is 5.91 Å². The van der Waals surface area contributed by atoms with E-state index in [9.17, 15) is 19.5 Å². The van der Waals surface area contributed by atoms with Crippen molar-refractivity contribution in [2.24, 2.45) is 5.41 Å². The average Bonchev–Trinajstić information content (AvgIpc) is 2.60. The fourth-order valence-corrected chi connectivity index (χ4v) is 3.19. The minimum atomic E-state index is -0.920. The Labute approximate surface area is 159 Å². The summed E-state index contributed by atoms with van der Waals surface area (Å²) in [5.41, 5.74) is -0.144. The Kier molecular flexibility index (Phi) is 6.82. The largest absolute Gasteiger partial charge is 0.483 e. The third-order valence-electron chi connectivity index (χ3n) is 5.15. The smallest absolute Gasteiger partial charge is 0.310 e. The first kappa shape index (κ1) is 20.7. The van der Waals surface area contributed by atoms with Gasteiger partial charge in [-0.3, -0.25) is 14.4 Å². The molecule has 7 nitrogen and oxygen atoms in total. The minimum Gasteiger partial charge on any atom is -0.483 e. The molecular weight excluding hydrogens is 348 g/mol. The Bertz CT molecular complexity index is 697. The number of aliphatic carboxylic acids is 1. The maximum atomic E-state index is 12.5. The summed E-state index contributed by atoms with van der Waals surface area (Å²) in [6.07, 6.45) is 2.53. The average molecular weight is 376 g/mol. The van der Waals surface area contributed by atoms with Crippen molar-refractivity contribution >= 4 is 17.8 Å². The van der Waals surface area contributed by atoms with Gasteiger partial charge in [-0.15, -0.1) is 0 Å². The van der Waals surface area contributed by atoms with Crippen LogP contribution in [0.5, 0.6) is 5.75 Å². The molecule has 1 unspecified atom stereocenters. The number of nitrogens with one attached hydrogen (secondary N) is 1. The van der Waals surface area contributed by atoms with Crippen LogP contribution >= 0.6 is 0 Å². The number of likely N-dealkylation sites (N-methyl/N-ethyl adjacent to an activating group) is 1. The molecule has 0 aliphatic heterocycles. The second kappa shape index (κ2) is 8.88. The molecule has 2 rings (SSSR count). The zero-order valence-corrected chi connectivity index (χ0v) is 16.2. The number of para-hydroxylation sites is 1. The first-order chi connectivity index (χ1) is 12.8. The van der Waals surface area contributed by atoms with Gasteiger partial charge in [0.05, 0.1) is 11.5 Å². The van der Waals surface area contributed by atoms with Gasteiger partial charge in [-0.05, 0) is 25.3 Å². The summed E-state index contributed by atoms with van der Waals surface area (Å²) in [6, 6.07) is 6.95. The van der Waals surface area contributed by atoms with Crippen LogP contribution < -0.4 is 10.1 Å². The third-order valence-corrected chi connectivity index (χ3v) is 5.15. The molecule has 1 aromatic carbocycles. The number of benzene rings is 1. The molecule has 2 N–H and O–H groups in total. The van der Waals surface area contributed by atoms with Crippen LogP contribution in [-0.2, 0) is 14.4 Å². The maximum absolute atomic E-state index is 12.5. The molecule has 0 radical (unpaired) electrons. The number of rotatable bonds is 9.